The third-order valence-electron chi connectivity index (χ3n) is 3.80. The van der Waals surface area contributed by atoms with Crippen molar-refractivity contribution in [2.45, 2.75) is 6.17 Å². The van der Waals surface area contributed by atoms with Gasteiger partial charge in [-0.1, -0.05) is 36.4 Å². The van der Waals surface area contributed by atoms with Gasteiger partial charge < -0.3 is 4.90 Å². The van der Waals surface area contributed by atoms with Crippen LogP contribution in [0.5, 0.6) is 0 Å². The van der Waals surface area contributed by atoms with E-state index >= 15 is 0 Å². The Bertz CT molecular complexity index is 812. The van der Waals surface area contributed by atoms with Gasteiger partial charge in [-0.25, -0.2) is 0 Å². The van der Waals surface area contributed by atoms with Crippen molar-refractivity contribution >= 4 is 11.9 Å². The second-order valence-corrected chi connectivity index (χ2v) is 5.21. The molecular weight excluding hydrogens is 270 g/mol. The number of pyridine rings is 1. The van der Waals surface area contributed by atoms with Crippen molar-refractivity contribution < 1.29 is 0 Å². The Labute approximate surface area is 128 Å². The second kappa shape index (κ2) is 5.45. The molecule has 0 amide bonds. The normalized spacial score (nSPS) is 16.4. The van der Waals surface area contributed by atoms with Gasteiger partial charge in [-0.2, -0.15) is 0 Å². The van der Waals surface area contributed by atoms with Crippen LogP contribution in [0.25, 0.3) is 6.20 Å². The molecule has 0 aliphatic carbocycles. The second-order valence-electron chi connectivity index (χ2n) is 5.21. The minimum Gasteiger partial charge on any atom is -0.321 e. The summed E-state index contributed by atoms with van der Waals surface area (Å²) < 4.78 is 0. The van der Waals surface area contributed by atoms with Crippen molar-refractivity contribution in [3.05, 3.63) is 95.3 Å². The van der Waals surface area contributed by atoms with E-state index in [0.29, 0.717) is 0 Å². The number of hydrogen-bond acceptors (Lipinski definition) is 3. The first-order valence-electron chi connectivity index (χ1n) is 7.30. The third-order valence-corrected chi connectivity index (χ3v) is 3.80. The Balaban J connectivity index is 1.92. The van der Waals surface area contributed by atoms with Crippen LogP contribution in [-0.4, -0.2) is 4.98 Å². The molecule has 4 rings (SSSR count). The lowest BCUT2D eigenvalue weighted by Crippen LogP contribution is -2.37. The quantitative estimate of drug-likeness (QED) is 0.724. The van der Waals surface area contributed by atoms with Gasteiger partial charge in [0.2, 0.25) is 0 Å². The average Bonchev–Trinajstić information content (AvgIpc) is 2.62. The van der Waals surface area contributed by atoms with Crippen LogP contribution in [0.2, 0.25) is 0 Å². The average molecular weight is 285 g/mol. The van der Waals surface area contributed by atoms with Crippen molar-refractivity contribution in [1.29, 1.82) is 0 Å². The maximum Gasteiger partial charge on any atom is 0.151 e. The van der Waals surface area contributed by atoms with E-state index in [1.54, 1.807) is 0 Å². The molecule has 3 aromatic rings. The van der Waals surface area contributed by atoms with E-state index in [1.165, 1.54) is 0 Å². The van der Waals surface area contributed by atoms with Gasteiger partial charge in [0.05, 0.1) is 5.36 Å². The smallest absolute Gasteiger partial charge is 0.151 e. The van der Waals surface area contributed by atoms with Crippen LogP contribution in [0.15, 0.2) is 84.1 Å². The van der Waals surface area contributed by atoms with Gasteiger partial charge >= 0.3 is 0 Å². The van der Waals surface area contributed by atoms with Crippen LogP contribution in [-0.2, 0) is 0 Å². The Morgan fingerprint density at radius 2 is 1.50 bits per heavy atom. The molecule has 3 nitrogen and oxygen atoms in total. The van der Waals surface area contributed by atoms with Crippen LogP contribution in [0.1, 0.15) is 11.7 Å². The number of fused-ring (bicyclic) bond motifs is 1. The molecule has 0 radical (unpaired) electrons. The van der Waals surface area contributed by atoms with Crippen LogP contribution < -0.4 is 15.5 Å². The Hall–Kier alpha value is -2.94. The number of nitrogens with zero attached hydrogens (tertiary/aromatic N) is 3. The highest BCUT2D eigenvalue weighted by molar-refractivity contribution is 5.61. The van der Waals surface area contributed by atoms with Crippen LogP contribution in [0.4, 0.5) is 5.69 Å². The van der Waals surface area contributed by atoms with E-state index < -0.39 is 0 Å². The van der Waals surface area contributed by atoms with E-state index in [0.717, 1.165) is 21.8 Å². The van der Waals surface area contributed by atoms with Crippen molar-refractivity contribution in [3.8, 4) is 0 Å². The number of benzene rings is 2. The summed E-state index contributed by atoms with van der Waals surface area (Å²) in [5.74, 6) is 0. The maximum atomic E-state index is 4.94. The largest absolute Gasteiger partial charge is 0.321 e. The molecule has 0 N–H and O–H groups in total. The lowest BCUT2D eigenvalue weighted by atomic mass is 10.1. The van der Waals surface area contributed by atoms with Crippen molar-refractivity contribution in [2.24, 2.45) is 4.99 Å². The molecule has 1 atom stereocenters. The molecular formula is C19H15N3. The van der Waals surface area contributed by atoms with E-state index in [4.69, 9.17) is 4.99 Å². The van der Waals surface area contributed by atoms with Gasteiger partial charge in [0.1, 0.15) is 0 Å². The van der Waals surface area contributed by atoms with Crippen LogP contribution >= 0.6 is 0 Å². The highest BCUT2D eigenvalue weighted by Crippen LogP contribution is 2.28. The SMILES string of the molecule is C1=c2ccccc2=NC(c2ccncc2)N1c1ccccc1. The summed E-state index contributed by atoms with van der Waals surface area (Å²) in [5, 5.41) is 2.16. The van der Waals surface area contributed by atoms with E-state index in [2.05, 4.69) is 40.3 Å². The molecule has 0 saturated carbocycles. The topological polar surface area (TPSA) is 28.5 Å². The summed E-state index contributed by atoms with van der Waals surface area (Å²) in [6, 6.07) is 22.6. The molecule has 2 aromatic carbocycles. The number of hydrogen-bond donors (Lipinski definition) is 0. The fourth-order valence-corrected chi connectivity index (χ4v) is 2.72. The zero-order valence-electron chi connectivity index (χ0n) is 12.0. The number of para-hydroxylation sites is 2. The first-order chi connectivity index (χ1) is 10.9. The predicted molar refractivity (Wildman–Crippen MR) is 87.6 cm³/mol. The Morgan fingerprint density at radius 3 is 2.32 bits per heavy atom. The molecule has 1 aliphatic rings. The van der Waals surface area contributed by atoms with Crippen molar-refractivity contribution in [2.75, 3.05) is 4.90 Å². The van der Waals surface area contributed by atoms with Gasteiger partial charge in [-0.05, 0) is 35.9 Å². The minimum absolute atomic E-state index is 0.0692. The molecule has 106 valence electrons. The van der Waals surface area contributed by atoms with Crippen molar-refractivity contribution in [1.82, 2.24) is 4.98 Å². The molecule has 0 bridgehead atoms. The molecule has 1 aliphatic heterocycles. The van der Waals surface area contributed by atoms with Crippen molar-refractivity contribution in [3.63, 3.8) is 0 Å². The van der Waals surface area contributed by atoms with Crippen LogP contribution in [0, 0.1) is 0 Å². The molecule has 22 heavy (non-hydrogen) atoms. The van der Waals surface area contributed by atoms with Crippen LogP contribution in [0.3, 0.4) is 0 Å². The van der Waals surface area contributed by atoms with E-state index in [9.17, 15) is 0 Å². The van der Waals surface area contributed by atoms with E-state index in [-0.39, 0.29) is 6.17 Å². The molecule has 1 unspecified atom stereocenters. The number of aromatic nitrogens is 1. The summed E-state index contributed by atoms with van der Waals surface area (Å²) in [4.78, 5) is 11.3. The highest BCUT2D eigenvalue weighted by atomic mass is 15.2. The molecule has 3 heteroatoms. The Kier molecular flexibility index (Phi) is 3.16. The minimum atomic E-state index is -0.0692. The van der Waals surface area contributed by atoms with Gasteiger partial charge in [0.15, 0.2) is 6.17 Å². The first kappa shape index (κ1) is 12.8. The van der Waals surface area contributed by atoms with E-state index in [1.807, 2.05) is 54.9 Å². The fourth-order valence-electron chi connectivity index (χ4n) is 2.72. The zero-order valence-corrected chi connectivity index (χ0v) is 12.0. The monoisotopic (exact) mass is 285 g/mol. The fraction of sp³-hybridized carbons (Fsp3) is 0.0526. The molecule has 1 aromatic heterocycles. The molecule has 0 fully saturated rings. The molecule has 0 saturated heterocycles. The predicted octanol–water partition coefficient (Wildman–Crippen LogP) is 2.66. The summed E-state index contributed by atoms with van der Waals surface area (Å²) in [7, 11) is 0. The molecule has 2 heterocycles. The first-order valence-corrected chi connectivity index (χ1v) is 7.30. The maximum absolute atomic E-state index is 4.94. The summed E-state index contributed by atoms with van der Waals surface area (Å²) in [6.45, 7) is 0. The standard InChI is InChI=1S/C19H15N3/c1-2-7-17(8-3-1)22-14-16-6-4-5-9-18(16)21-19(22)15-10-12-20-13-11-15/h1-14,19H. The Morgan fingerprint density at radius 1 is 0.773 bits per heavy atom. The molecule has 0 spiro atoms. The summed E-state index contributed by atoms with van der Waals surface area (Å²) in [5.41, 5.74) is 2.26. The number of anilines is 1. The zero-order chi connectivity index (χ0) is 14.8. The van der Waals surface area contributed by atoms with Gasteiger partial charge in [-0.3, -0.25) is 9.98 Å². The lowest BCUT2D eigenvalue weighted by Gasteiger charge is -2.30. The highest BCUT2D eigenvalue weighted by Gasteiger charge is 2.20. The summed E-state index contributed by atoms with van der Waals surface area (Å²) >= 11 is 0. The lowest BCUT2D eigenvalue weighted by molar-refractivity contribution is 0.713. The van der Waals surface area contributed by atoms with Gasteiger partial charge in [0, 0.05) is 29.5 Å². The van der Waals surface area contributed by atoms with Gasteiger partial charge in [-0.15, -0.1) is 0 Å². The third kappa shape index (κ3) is 2.27. The summed E-state index contributed by atoms with van der Waals surface area (Å²) in [6.07, 6.45) is 5.73. The van der Waals surface area contributed by atoms with Gasteiger partial charge in [0.25, 0.3) is 0 Å². The number of rotatable bonds is 2.